The third-order valence-electron chi connectivity index (χ3n) is 5.07. The van der Waals surface area contributed by atoms with Crippen molar-refractivity contribution in [3.8, 4) is 5.69 Å². The Bertz CT molecular complexity index is 981. The van der Waals surface area contributed by atoms with E-state index < -0.39 is 12.0 Å². The van der Waals surface area contributed by atoms with Crippen LogP contribution in [0.2, 0.25) is 0 Å². The van der Waals surface area contributed by atoms with Crippen molar-refractivity contribution in [2.45, 2.75) is 31.7 Å². The van der Waals surface area contributed by atoms with E-state index >= 15 is 0 Å². The Hall–Kier alpha value is -3.15. The molecule has 27 heavy (non-hydrogen) atoms. The van der Waals surface area contributed by atoms with Gasteiger partial charge in [0.2, 0.25) is 5.91 Å². The minimum Gasteiger partial charge on any atom is -0.480 e. The summed E-state index contributed by atoms with van der Waals surface area (Å²) >= 11 is 0. The van der Waals surface area contributed by atoms with Crippen LogP contribution in [-0.4, -0.2) is 44.0 Å². The molecule has 0 aliphatic carbocycles. The fraction of sp³-hybridized carbons (Fsp3) is 0.286. The molecular weight excluding hydrogens is 342 g/mol. The van der Waals surface area contributed by atoms with Crippen molar-refractivity contribution in [3.05, 3.63) is 60.4 Å². The van der Waals surface area contributed by atoms with E-state index in [1.165, 1.54) is 4.90 Å². The quantitative estimate of drug-likeness (QED) is 0.756. The number of nitrogens with zero attached hydrogens (tertiary/aromatic N) is 3. The van der Waals surface area contributed by atoms with E-state index in [0.717, 1.165) is 29.0 Å². The standard InChI is InChI=1S/C21H21N3O3/c25-20(23-14-6-11-18(23)21(26)27)13-12-19-22-16-9-4-5-10-17(16)24(19)15-7-2-1-3-8-15/h1-5,7-10,18H,6,11-14H2,(H,26,27)/t18-/m1/s1. The number of carboxylic acid groups (broad SMARTS) is 1. The molecule has 6 heteroatoms. The molecule has 2 aromatic carbocycles. The molecule has 4 rings (SSSR count). The Labute approximate surface area is 157 Å². The highest BCUT2D eigenvalue weighted by molar-refractivity contribution is 5.84. The van der Waals surface area contributed by atoms with Crippen molar-refractivity contribution in [2.24, 2.45) is 0 Å². The highest BCUT2D eigenvalue weighted by Crippen LogP contribution is 2.23. The van der Waals surface area contributed by atoms with Gasteiger partial charge in [-0.05, 0) is 37.1 Å². The lowest BCUT2D eigenvalue weighted by atomic mass is 10.2. The second-order valence-corrected chi connectivity index (χ2v) is 6.77. The third-order valence-corrected chi connectivity index (χ3v) is 5.07. The van der Waals surface area contributed by atoms with Crippen LogP contribution in [0.15, 0.2) is 54.6 Å². The zero-order valence-corrected chi connectivity index (χ0v) is 14.9. The van der Waals surface area contributed by atoms with Gasteiger partial charge in [-0.1, -0.05) is 30.3 Å². The zero-order chi connectivity index (χ0) is 18.8. The normalized spacial score (nSPS) is 16.7. The third kappa shape index (κ3) is 3.30. The van der Waals surface area contributed by atoms with E-state index in [0.29, 0.717) is 19.4 Å². The monoisotopic (exact) mass is 363 g/mol. The molecule has 0 bridgehead atoms. The number of benzene rings is 2. The number of para-hydroxylation sites is 3. The van der Waals surface area contributed by atoms with Crippen molar-refractivity contribution in [2.75, 3.05) is 6.54 Å². The molecule has 138 valence electrons. The average molecular weight is 363 g/mol. The van der Waals surface area contributed by atoms with Crippen molar-refractivity contribution >= 4 is 22.9 Å². The number of carbonyl (C=O) groups excluding carboxylic acids is 1. The first-order valence-electron chi connectivity index (χ1n) is 9.19. The summed E-state index contributed by atoms with van der Waals surface area (Å²) in [5, 5.41) is 9.30. The van der Waals surface area contributed by atoms with Crippen LogP contribution in [0.1, 0.15) is 25.1 Å². The Balaban J connectivity index is 1.61. The summed E-state index contributed by atoms with van der Waals surface area (Å²) < 4.78 is 2.07. The van der Waals surface area contributed by atoms with Crippen LogP contribution in [0.3, 0.4) is 0 Å². The SMILES string of the molecule is O=C(O)[C@H]1CCCN1C(=O)CCc1nc2ccccc2n1-c1ccccc1. The summed E-state index contributed by atoms with van der Waals surface area (Å²) in [4.78, 5) is 30.2. The van der Waals surface area contributed by atoms with Gasteiger partial charge in [0.1, 0.15) is 11.9 Å². The van der Waals surface area contributed by atoms with E-state index in [1.54, 1.807) is 0 Å². The molecule has 1 fully saturated rings. The lowest BCUT2D eigenvalue weighted by Crippen LogP contribution is -2.40. The molecule has 3 aromatic rings. The van der Waals surface area contributed by atoms with E-state index in [2.05, 4.69) is 4.57 Å². The molecule has 1 aliphatic rings. The lowest BCUT2D eigenvalue weighted by molar-refractivity contribution is -0.148. The minimum atomic E-state index is -0.919. The maximum atomic E-state index is 12.6. The van der Waals surface area contributed by atoms with Gasteiger partial charge in [0.25, 0.3) is 0 Å². The summed E-state index contributed by atoms with van der Waals surface area (Å²) in [6.45, 7) is 0.519. The highest BCUT2D eigenvalue weighted by Gasteiger charge is 2.33. The van der Waals surface area contributed by atoms with Gasteiger partial charge in [-0.3, -0.25) is 9.36 Å². The Morgan fingerprint density at radius 3 is 2.59 bits per heavy atom. The molecule has 0 radical (unpaired) electrons. The number of aromatic nitrogens is 2. The fourth-order valence-electron chi connectivity index (χ4n) is 3.79. The topological polar surface area (TPSA) is 75.4 Å². The van der Waals surface area contributed by atoms with Crippen LogP contribution in [0, 0.1) is 0 Å². The number of aliphatic carboxylic acids is 1. The van der Waals surface area contributed by atoms with Crippen LogP contribution >= 0.6 is 0 Å². The van der Waals surface area contributed by atoms with Crippen molar-refractivity contribution in [1.82, 2.24) is 14.5 Å². The van der Waals surface area contributed by atoms with Gasteiger partial charge in [-0.25, -0.2) is 9.78 Å². The molecule has 1 amide bonds. The highest BCUT2D eigenvalue weighted by atomic mass is 16.4. The predicted molar refractivity (Wildman–Crippen MR) is 102 cm³/mol. The van der Waals surface area contributed by atoms with Crippen LogP contribution < -0.4 is 0 Å². The molecule has 1 aromatic heterocycles. The Kier molecular flexibility index (Phi) is 4.62. The lowest BCUT2D eigenvalue weighted by Gasteiger charge is -2.21. The molecule has 1 atom stereocenters. The fourth-order valence-corrected chi connectivity index (χ4v) is 3.79. The number of carbonyl (C=O) groups is 2. The van der Waals surface area contributed by atoms with Gasteiger partial charge >= 0.3 is 5.97 Å². The molecule has 1 aliphatic heterocycles. The second-order valence-electron chi connectivity index (χ2n) is 6.77. The minimum absolute atomic E-state index is 0.119. The number of likely N-dealkylation sites (tertiary alicyclic amines) is 1. The van der Waals surface area contributed by atoms with E-state index in [9.17, 15) is 14.7 Å². The van der Waals surface area contributed by atoms with E-state index in [1.807, 2.05) is 54.6 Å². The average Bonchev–Trinajstić information content (AvgIpc) is 3.31. The largest absolute Gasteiger partial charge is 0.480 e. The van der Waals surface area contributed by atoms with Crippen molar-refractivity contribution in [1.29, 1.82) is 0 Å². The predicted octanol–water partition coefficient (Wildman–Crippen LogP) is 3.03. The number of hydrogen-bond donors (Lipinski definition) is 1. The van der Waals surface area contributed by atoms with Gasteiger partial charge in [0.05, 0.1) is 11.0 Å². The number of aryl methyl sites for hydroxylation is 1. The number of fused-ring (bicyclic) bond motifs is 1. The Morgan fingerprint density at radius 1 is 1.07 bits per heavy atom. The Morgan fingerprint density at radius 2 is 1.81 bits per heavy atom. The number of rotatable bonds is 5. The van der Waals surface area contributed by atoms with Gasteiger partial charge in [0, 0.05) is 25.1 Å². The number of amides is 1. The summed E-state index contributed by atoms with van der Waals surface area (Å²) in [6.07, 6.45) is 1.99. The van der Waals surface area contributed by atoms with E-state index in [-0.39, 0.29) is 12.3 Å². The molecule has 2 heterocycles. The molecule has 6 nitrogen and oxygen atoms in total. The van der Waals surface area contributed by atoms with Gasteiger partial charge < -0.3 is 10.0 Å². The summed E-state index contributed by atoms with van der Waals surface area (Å²) in [7, 11) is 0. The van der Waals surface area contributed by atoms with Crippen LogP contribution in [-0.2, 0) is 16.0 Å². The first-order valence-corrected chi connectivity index (χ1v) is 9.19. The van der Waals surface area contributed by atoms with Crippen LogP contribution in [0.25, 0.3) is 16.7 Å². The first kappa shape index (κ1) is 17.3. The molecular formula is C21H21N3O3. The van der Waals surface area contributed by atoms with E-state index in [4.69, 9.17) is 4.98 Å². The van der Waals surface area contributed by atoms with Crippen molar-refractivity contribution < 1.29 is 14.7 Å². The zero-order valence-electron chi connectivity index (χ0n) is 14.9. The first-order chi connectivity index (χ1) is 13.1. The molecule has 0 unspecified atom stereocenters. The smallest absolute Gasteiger partial charge is 0.326 e. The molecule has 0 saturated carbocycles. The van der Waals surface area contributed by atoms with Gasteiger partial charge in [0.15, 0.2) is 0 Å². The molecule has 0 spiro atoms. The van der Waals surface area contributed by atoms with Gasteiger partial charge in [-0.2, -0.15) is 0 Å². The number of hydrogen-bond acceptors (Lipinski definition) is 3. The number of carboxylic acids is 1. The maximum Gasteiger partial charge on any atom is 0.326 e. The van der Waals surface area contributed by atoms with Crippen LogP contribution in [0.5, 0.6) is 0 Å². The second kappa shape index (κ2) is 7.23. The maximum absolute atomic E-state index is 12.6. The molecule has 1 saturated heterocycles. The summed E-state index contributed by atoms with van der Waals surface area (Å²) in [5.41, 5.74) is 2.88. The summed E-state index contributed by atoms with van der Waals surface area (Å²) in [6, 6.07) is 17.1. The van der Waals surface area contributed by atoms with Gasteiger partial charge in [-0.15, -0.1) is 0 Å². The van der Waals surface area contributed by atoms with Crippen LogP contribution in [0.4, 0.5) is 0 Å². The van der Waals surface area contributed by atoms with Crippen molar-refractivity contribution in [3.63, 3.8) is 0 Å². The molecule has 1 N–H and O–H groups in total. The summed E-state index contributed by atoms with van der Waals surface area (Å²) in [5.74, 6) is -0.231. The number of imidazole rings is 1.